The molecule has 1 amide bonds. The molecule has 1 aliphatic rings. The second kappa shape index (κ2) is 11.4. The highest BCUT2D eigenvalue weighted by Crippen LogP contribution is 2.24. The summed E-state index contributed by atoms with van der Waals surface area (Å²) in [7, 11) is 0. The smallest absolute Gasteiger partial charge is 0.425 e. The lowest BCUT2D eigenvalue weighted by Crippen LogP contribution is -2.49. The summed E-state index contributed by atoms with van der Waals surface area (Å²) >= 11 is 6.11. The highest BCUT2D eigenvalue weighted by molar-refractivity contribution is 6.30. The third-order valence-corrected chi connectivity index (χ3v) is 4.85. The lowest BCUT2D eigenvalue weighted by atomic mass is 10.1. The summed E-state index contributed by atoms with van der Waals surface area (Å²) in [5.41, 5.74) is 1.71. The molecule has 1 aromatic carbocycles. The number of alkyl halides is 3. The highest BCUT2D eigenvalue weighted by Gasteiger charge is 2.40. The highest BCUT2D eigenvalue weighted by atomic mass is 35.5. The molecule has 0 aliphatic carbocycles. The molecule has 174 valence electrons. The number of halogens is 4. The summed E-state index contributed by atoms with van der Waals surface area (Å²) in [4.78, 5) is 25.7. The molecule has 0 spiro atoms. The van der Waals surface area contributed by atoms with Gasteiger partial charge in [0.25, 0.3) is 0 Å². The number of hydrogen-bond acceptors (Lipinski definition) is 6. The third-order valence-electron chi connectivity index (χ3n) is 4.62. The quantitative estimate of drug-likeness (QED) is 0.539. The Balaban J connectivity index is 1.85. The van der Waals surface area contributed by atoms with E-state index in [1.165, 1.54) is 4.90 Å². The molecule has 12 heteroatoms. The number of rotatable bonds is 9. The van der Waals surface area contributed by atoms with Crippen molar-refractivity contribution in [2.75, 3.05) is 51.3 Å². The third kappa shape index (κ3) is 8.42. The van der Waals surface area contributed by atoms with E-state index in [2.05, 4.69) is 15.0 Å². The normalized spacial score (nSPS) is 16.1. The number of nitrogens with one attached hydrogen (secondary N) is 1. The van der Waals surface area contributed by atoms with Gasteiger partial charge in [0.15, 0.2) is 6.10 Å². The number of hydrogen-bond donors (Lipinski definition) is 2. The van der Waals surface area contributed by atoms with Gasteiger partial charge in [-0.3, -0.25) is 4.90 Å². The van der Waals surface area contributed by atoms with E-state index in [0.29, 0.717) is 31.2 Å². The minimum Gasteiger partial charge on any atom is -0.480 e. The van der Waals surface area contributed by atoms with Crippen molar-refractivity contribution in [2.24, 2.45) is 0 Å². The van der Waals surface area contributed by atoms with Crippen molar-refractivity contribution in [1.82, 2.24) is 9.80 Å². The number of carbonyl (C=O) groups is 2. The molecule has 0 saturated carbocycles. The van der Waals surface area contributed by atoms with Crippen molar-refractivity contribution in [1.29, 1.82) is 0 Å². The van der Waals surface area contributed by atoms with Gasteiger partial charge in [0.2, 0.25) is 0 Å². The van der Waals surface area contributed by atoms with Crippen LogP contribution in [0.3, 0.4) is 0 Å². The number of amides is 1. The van der Waals surface area contributed by atoms with Gasteiger partial charge >= 0.3 is 18.2 Å². The lowest BCUT2D eigenvalue weighted by Gasteiger charge is -2.35. The summed E-state index contributed by atoms with van der Waals surface area (Å²) in [6.07, 6.45) is -7.72. The first-order valence-corrected chi connectivity index (χ1v) is 10.0. The second-order valence-electron chi connectivity index (χ2n) is 7.01. The zero-order chi connectivity index (χ0) is 23.0. The first-order chi connectivity index (χ1) is 14.6. The maximum absolute atomic E-state index is 12.6. The Morgan fingerprint density at radius 2 is 1.94 bits per heavy atom. The maximum Gasteiger partial charge on any atom is 0.425 e. The van der Waals surface area contributed by atoms with Gasteiger partial charge in [0.1, 0.15) is 6.61 Å². The van der Waals surface area contributed by atoms with Gasteiger partial charge in [0.05, 0.1) is 6.61 Å². The van der Waals surface area contributed by atoms with E-state index < -0.39 is 24.3 Å². The van der Waals surface area contributed by atoms with Crippen molar-refractivity contribution >= 4 is 29.4 Å². The average Bonchev–Trinajstić information content (AvgIpc) is 2.68. The van der Waals surface area contributed by atoms with E-state index in [0.717, 1.165) is 18.2 Å². The van der Waals surface area contributed by atoms with Gasteiger partial charge in [-0.2, -0.15) is 13.2 Å². The molecule has 31 heavy (non-hydrogen) atoms. The minimum absolute atomic E-state index is 0.214. The van der Waals surface area contributed by atoms with Crippen LogP contribution in [-0.2, 0) is 20.8 Å². The Bertz CT molecular complexity index is 758. The fourth-order valence-electron chi connectivity index (χ4n) is 2.90. The molecule has 1 aromatic rings. The van der Waals surface area contributed by atoms with Gasteiger partial charge in [-0.1, -0.05) is 11.6 Å². The Kier molecular flexibility index (Phi) is 9.20. The van der Waals surface area contributed by atoms with E-state index in [1.807, 2.05) is 0 Å². The van der Waals surface area contributed by atoms with E-state index in [-0.39, 0.29) is 26.3 Å². The van der Waals surface area contributed by atoms with Gasteiger partial charge < -0.3 is 24.8 Å². The van der Waals surface area contributed by atoms with Crippen LogP contribution in [0.2, 0.25) is 5.02 Å². The molecular weight excluding hydrogens is 443 g/mol. The summed E-state index contributed by atoms with van der Waals surface area (Å²) in [6, 6.07) is 5.33. The van der Waals surface area contributed by atoms with Crippen molar-refractivity contribution in [3.05, 3.63) is 28.8 Å². The molecule has 0 bridgehead atoms. The topological polar surface area (TPSA) is 91.3 Å². The van der Waals surface area contributed by atoms with Gasteiger partial charge in [0, 0.05) is 50.0 Å². The van der Waals surface area contributed by atoms with Crippen LogP contribution in [-0.4, -0.2) is 85.2 Å². The van der Waals surface area contributed by atoms with E-state index in [1.54, 1.807) is 18.2 Å². The fraction of sp³-hybridized carbons (Fsp3) is 0.579. The number of aliphatic carboxylic acids is 1. The van der Waals surface area contributed by atoms with Crippen LogP contribution in [0.1, 0.15) is 12.5 Å². The maximum atomic E-state index is 12.6. The van der Waals surface area contributed by atoms with Crippen LogP contribution in [0.25, 0.3) is 0 Å². The van der Waals surface area contributed by atoms with E-state index >= 15 is 0 Å². The zero-order valence-corrected chi connectivity index (χ0v) is 17.7. The Morgan fingerprint density at radius 1 is 1.26 bits per heavy atom. The van der Waals surface area contributed by atoms with Crippen molar-refractivity contribution in [3.63, 3.8) is 0 Å². The Labute approximate surface area is 182 Å². The van der Waals surface area contributed by atoms with E-state index in [9.17, 15) is 22.8 Å². The molecule has 1 aliphatic heterocycles. The molecule has 1 heterocycles. The van der Waals surface area contributed by atoms with Gasteiger partial charge in [-0.25, -0.2) is 9.59 Å². The summed E-state index contributed by atoms with van der Waals surface area (Å²) in [6.45, 7) is 2.97. The first-order valence-electron chi connectivity index (χ1n) is 9.62. The molecule has 0 radical (unpaired) electrons. The van der Waals surface area contributed by atoms with Crippen molar-refractivity contribution < 1.29 is 37.3 Å². The van der Waals surface area contributed by atoms with Crippen LogP contribution in [0.4, 0.5) is 23.7 Å². The van der Waals surface area contributed by atoms with Crippen molar-refractivity contribution in [3.8, 4) is 0 Å². The molecule has 1 unspecified atom stereocenters. The van der Waals surface area contributed by atoms with Gasteiger partial charge in [-0.05, 0) is 30.7 Å². The van der Waals surface area contributed by atoms with Gasteiger partial charge in [-0.15, -0.1) is 0 Å². The molecule has 2 N–H and O–H groups in total. The number of carboxylic acid groups (broad SMARTS) is 1. The molecular formula is C19H25ClF3N3O5. The first kappa shape index (κ1) is 25.0. The zero-order valence-electron chi connectivity index (χ0n) is 17.0. The largest absolute Gasteiger partial charge is 0.480 e. The second-order valence-corrected chi connectivity index (χ2v) is 7.44. The number of carbonyl (C=O) groups excluding carboxylic acids is 1. The predicted molar refractivity (Wildman–Crippen MR) is 107 cm³/mol. The lowest BCUT2D eigenvalue weighted by molar-refractivity contribution is -0.200. The molecule has 8 nitrogen and oxygen atoms in total. The summed E-state index contributed by atoms with van der Waals surface area (Å²) in [5.74, 6) is -1.04. The molecule has 1 saturated heterocycles. The van der Waals surface area contributed by atoms with Crippen molar-refractivity contribution in [2.45, 2.75) is 25.7 Å². The van der Waals surface area contributed by atoms with Crippen LogP contribution in [0.15, 0.2) is 18.2 Å². The fourth-order valence-corrected chi connectivity index (χ4v) is 3.10. The number of carboxylic acids is 1. The van der Waals surface area contributed by atoms with Crippen LogP contribution in [0.5, 0.6) is 0 Å². The number of ether oxygens (including phenoxy) is 2. The monoisotopic (exact) mass is 467 g/mol. The Hall–Kier alpha value is -2.24. The average molecular weight is 468 g/mol. The number of nitrogens with zero attached hydrogens (tertiary/aromatic N) is 2. The number of anilines is 1. The predicted octanol–water partition coefficient (Wildman–Crippen LogP) is 3.06. The standard InChI is InChI=1S/C19H25ClF3N3O5/c1-13(19(21,22)23)31-18(29)26-7-5-25(6-8-26)11-14-10-15(20)2-3-16(14)24-4-9-30-12-17(27)28/h2-3,10,13,24H,4-9,11-12H2,1H3,(H,27,28). The minimum atomic E-state index is -4.59. The van der Waals surface area contributed by atoms with Crippen LogP contribution >= 0.6 is 11.6 Å². The molecule has 2 rings (SSSR count). The molecule has 0 aromatic heterocycles. The Morgan fingerprint density at radius 3 is 2.55 bits per heavy atom. The SMILES string of the molecule is CC(OC(=O)N1CCN(Cc2cc(Cl)ccc2NCCOCC(=O)O)CC1)C(F)(F)F. The molecule has 1 fully saturated rings. The summed E-state index contributed by atoms with van der Waals surface area (Å²) < 4.78 is 47.2. The number of benzene rings is 1. The van der Waals surface area contributed by atoms with Crippen LogP contribution in [0, 0.1) is 0 Å². The van der Waals surface area contributed by atoms with Crippen LogP contribution < -0.4 is 5.32 Å². The number of piperazine rings is 1. The molecule has 1 atom stereocenters. The summed E-state index contributed by atoms with van der Waals surface area (Å²) in [5, 5.41) is 12.3. The van der Waals surface area contributed by atoms with E-state index in [4.69, 9.17) is 21.4 Å².